The standard InChI is InChI=1S/C10H16N2O/c1-2-8-7-10(13)12(11-8)9-5-3-4-6-9/h7,9,13H,2-6H2,1H3. The van der Waals surface area contributed by atoms with Crippen LogP contribution in [0.25, 0.3) is 0 Å². The fourth-order valence-corrected chi connectivity index (χ4v) is 2.02. The van der Waals surface area contributed by atoms with Crippen LogP contribution in [-0.4, -0.2) is 14.9 Å². The predicted molar refractivity (Wildman–Crippen MR) is 50.8 cm³/mol. The second-order valence-electron chi connectivity index (χ2n) is 3.73. The highest BCUT2D eigenvalue weighted by molar-refractivity contribution is 5.15. The topological polar surface area (TPSA) is 38.0 Å². The number of hydrogen-bond acceptors (Lipinski definition) is 2. The molecule has 3 heteroatoms. The molecule has 0 spiro atoms. The SMILES string of the molecule is CCc1cc(O)n(C2CCCC2)n1. The van der Waals surface area contributed by atoms with Crippen molar-refractivity contribution in [3.63, 3.8) is 0 Å². The number of rotatable bonds is 2. The Labute approximate surface area is 78.4 Å². The highest BCUT2D eigenvalue weighted by Gasteiger charge is 2.20. The summed E-state index contributed by atoms with van der Waals surface area (Å²) < 4.78 is 1.80. The molecule has 1 N–H and O–H groups in total. The Bertz CT molecular complexity index is 287. The van der Waals surface area contributed by atoms with Crippen LogP contribution in [0.5, 0.6) is 5.88 Å². The number of aromatic hydroxyl groups is 1. The van der Waals surface area contributed by atoms with Crippen molar-refractivity contribution in [1.82, 2.24) is 9.78 Å². The van der Waals surface area contributed by atoms with E-state index < -0.39 is 0 Å². The minimum Gasteiger partial charge on any atom is -0.493 e. The summed E-state index contributed by atoms with van der Waals surface area (Å²) in [4.78, 5) is 0. The Kier molecular flexibility index (Phi) is 2.25. The highest BCUT2D eigenvalue weighted by Crippen LogP contribution is 2.32. The molecule has 0 aromatic carbocycles. The fraction of sp³-hybridized carbons (Fsp3) is 0.700. The van der Waals surface area contributed by atoms with Gasteiger partial charge in [-0.1, -0.05) is 19.8 Å². The van der Waals surface area contributed by atoms with E-state index in [0.717, 1.165) is 12.1 Å². The number of nitrogens with zero attached hydrogens (tertiary/aromatic N) is 2. The van der Waals surface area contributed by atoms with Gasteiger partial charge in [-0.3, -0.25) is 0 Å². The fourth-order valence-electron chi connectivity index (χ4n) is 2.02. The summed E-state index contributed by atoms with van der Waals surface area (Å²) in [5.41, 5.74) is 0.990. The van der Waals surface area contributed by atoms with Crippen molar-refractivity contribution >= 4 is 0 Å². The average molecular weight is 180 g/mol. The molecule has 3 nitrogen and oxygen atoms in total. The van der Waals surface area contributed by atoms with Crippen LogP contribution in [0.1, 0.15) is 44.3 Å². The van der Waals surface area contributed by atoms with E-state index >= 15 is 0 Å². The maximum absolute atomic E-state index is 9.62. The molecule has 0 amide bonds. The second-order valence-corrected chi connectivity index (χ2v) is 3.73. The van der Waals surface area contributed by atoms with E-state index in [-0.39, 0.29) is 0 Å². The number of aryl methyl sites for hydroxylation is 1. The third kappa shape index (κ3) is 1.55. The molecule has 1 aromatic heterocycles. The van der Waals surface area contributed by atoms with Gasteiger partial charge in [0.05, 0.1) is 11.7 Å². The summed E-state index contributed by atoms with van der Waals surface area (Å²) in [6.45, 7) is 2.06. The summed E-state index contributed by atoms with van der Waals surface area (Å²) in [5, 5.41) is 14.0. The summed E-state index contributed by atoms with van der Waals surface area (Å²) in [5.74, 6) is 0.337. The van der Waals surface area contributed by atoms with Gasteiger partial charge in [-0.25, -0.2) is 4.68 Å². The number of aromatic nitrogens is 2. The van der Waals surface area contributed by atoms with E-state index in [1.54, 1.807) is 10.7 Å². The lowest BCUT2D eigenvalue weighted by atomic mass is 10.3. The van der Waals surface area contributed by atoms with E-state index in [1.807, 2.05) is 0 Å². The lowest BCUT2D eigenvalue weighted by molar-refractivity contribution is 0.356. The lowest BCUT2D eigenvalue weighted by Crippen LogP contribution is -2.06. The molecular weight excluding hydrogens is 164 g/mol. The Balaban J connectivity index is 2.22. The van der Waals surface area contributed by atoms with Crippen molar-refractivity contribution in [3.8, 4) is 5.88 Å². The van der Waals surface area contributed by atoms with E-state index in [2.05, 4.69) is 12.0 Å². The zero-order valence-corrected chi connectivity index (χ0v) is 8.03. The minimum absolute atomic E-state index is 0.337. The van der Waals surface area contributed by atoms with Gasteiger partial charge in [-0.05, 0) is 19.3 Å². The van der Waals surface area contributed by atoms with Crippen molar-refractivity contribution in [2.24, 2.45) is 0 Å². The van der Waals surface area contributed by atoms with E-state index in [4.69, 9.17) is 0 Å². The summed E-state index contributed by atoms with van der Waals surface area (Å²) in [6.07, 6.45) is 5.76. The van der Waals surface area contributed by atoms with Gasteiger partial charge < -0.3 is 5.11 Å². The highest BCUT2D eigenvalue weighted by atomic mass is 16.3. The monoisotopic (exact) mass is 180 g/mol. The Morgan fingerprint density at radius 1 is 1.54 bits per heavy atom. The first-order valence-corrected chi connectivity index (χ1v) is 5.08. The van der Waals surface area contributed by atoms with Crippen LogP contribution in [0.2, 0.25) is 0 Å². The molecule has 0 atom stereocenters. The molecule has 0 aliphatic heterocycles. The van der Waals surface area contributed by atoms with Crippen LogP contribution in [-0.2, 0) is 6.42 Å². The maximum Gasteiger partial charge on any atom is 0.209 e. The van der Waals surface area contributed by atoms with E-state index in [1.165, 1.54) is 25.7 Å². The van der Waals surface area contributed by atoms with Gasteiger partial charge in [0.25, 0.3) is 0 Å². The van der Waals surface area contributed by atoms with Crippen molar-refractivity contribution in [3.05, 3.63) is 11.8 Å². The van der Waals surface area contributed by atoms with Gasteiger partial charge in [0.15, 0.2) is 0 Å². The normalized spacial score (nSPS) is 18.2. The molecule has 1 saturated carbocycles. The lowest BCUT2D eigenvalue weighted by Gasteiger charge is -2.10. The van der Waals surface area contributed by atoms with Crippen LogP contribution in [0.3, 0.4) is 0 Å². The molecule has 0 bridgehead atoms. The summed E-state index contributed by atoms with van der Waals surface area (Å²) in [7, 11) is 0. The molecule has 1 aromatic rings. The average Bonchev–Trinajstić information content (AvgIpc) is 2.72. The Morgan fingerprint density at radius 2 is 2.23 bits per heavy atom. The van der Waals surface area contributed by atoms with Gasteiger partial charge in [0.1, 0.15) is 0 Å². The third-order valence-corrected chi connectivity index (χ3v) is 2.80. The largest absolute Gasteiger partial charge is 0.493 e. The molecular formula is C10H16N2O. The summed E-state index contributed by atoms with van der Waals surface area (Å²) in [6, 6.07) is 2.22. The van der Waals surface area contributed by atoms with E-state index in [9.17, 15) is 5.11 Å². The zero-order valence-electron chi connectivity index (χ0n) is 8.03. The molecule has 72 valence electrons. The quantitative estimate of drug-likeness (QED) is 0.758. The molecule has 2 rings (SSSR count). The van der Waals surface area contributed by atoms with Gasteiger partial charge in [0, 0.05) is 6.07 Å². The molecule has 1 fully saturated rings. The van der Waals surface area contributed by atoms with Gasteiger partial charge in [-0.15, -0.1) is 0 Å². The molecule has 0 saturated heterocycles. The predicted octanol–water partition coefficient (Wildman–Crippen LogP) is 2.27. The Hall–Kier alpha value is -0.990. The second kappa shape index (κ2) is 3.40. The van der Waals surface area contributed by atoms with Crippen molar-refractivity contribution in [2.75, 3.05) is 0 Å². The summed E-state index contributed by atoms with van der Waals surface area (Å²) >= 11 is 0. The first kappa shape index (κ1) is 8.60. The van der Waals surface area contributed by atoms with Gasteiger partial charge in [-0.2, -0.15) is 5.10 Å². The Morgan fingerprint density at radius 3 is 2.77 bits per heavy atom. The third-order valence-electron chi connectivity index (χ3n) is 2.80. The maximum atomic E-state index is 9.62. The molecule has 1 heterocycles. The molecule has 0 unspecified atom stereocenters. The van der Waals surface area contributed by atoms with Crippen LogP contribution in [0, 0.1) is 0 Å². The smallest absolute Gasteiger partial charge is 0.209 e. The van der Waals surface area contributed by atoms with Crippen molar-refractivity contribution in [1.29, 1.82) is 0 Å². The zero-order chi connectivity index (χ0) is 9.26. The first-order chi connectivity index (χ1) is 6.31. The molecule has 1 aliphatic carbocycles. The van der Waals surface area contributed by atoms with Crippen molar-refractivity contribution < 1.29 is 5.11 Å². The first-order valence-electron chi connectivity index (χ1n) is 5.08. The minimum atomic E-state index is 0.337. The van der Waals surface area contributed by atoms with Crippen LogP contribution < -0.4 is 0 Å². The van der Waals surface area contributed by atoms with Crippen LogP contribution >= 0.6 is 0 Å². The molecule has 1 aliphatic rings. The van der Waals surface area contributed by atoms with E-state index in [0.29, 0.717) is 11.9 Å². The van der Waals surface area contributed by atoms with Gasteiger partial charge >= 0.3 is 0 Å². The van der Waals surface area contributed by atoms with Crippen LogP contribution in [0.15, 0.2) is 6.07 Å². The van der Waals surface area contributed by atoms with Crippen LogP contribution in [0.4, 0.5) is 0 Å². The van der Waals surface area contributed by atoms with Gasteiger partial charge in [0.2, 0.25) is 5.88 Å². The molecule has 13 heavy (non-hydrogen) atoms. The van der Waals surface area contributed by atoms with Crippen molar-refractivity contribution in [2.45, 2.75) is 45.1 Å². The molecule has 0 radical (unpaired) electrons. The number of hydrogen-bond donors (Lipinski definition) is 1.